The average molecular weight is 359 g/mol. The highest BCUT2D eigenvalue weighted by Crippen LogP contribution is 2.28. The van der Waals surface area contributed by atoms with Crippen LogP contribution in [0.5, 0.6) is 0 Å². The Bertz CT molecular complexity index is 853. The number of aliphatic carboxylic acids is 1. The van der Waals surface area contributed by atoms with Crippen LogP contribution in [0.2, 0.25) is 0 Å². The number of fused-ring (bicyclic) bond motifs is 1. The molecule has 0 fully saturated rings. The van der Waals surface area contributed by atoms with E-state index in [0.717, 1.165) is 23.3 Å². The molecule has 2 aromatic carbocycles. The Morgan fingerprint density at radius 1 is 1.19 bits per heavy atom. The van der Waals surface area contributed by atoms with Gasteiger partial charge in [-0.2, -0.15) is 0 Å². The highest BCUT2D eigenvalue weighted by molar-refractivity contribution is 5.85. The lowest BCUT2D eigenvalue weighted by molar-refractivity contribution is -0.151. The smallest absolute Gasteiger partial charge is 0.326 e. The minimum atomic E-state index is -1.06. The number of hydrogen-bond acceptors (Lipinski definition) is 2. The van der Waals surface area contributed by atoms with Crippen molar-refractivity contribution in [1.29, 1.82) is 0 Å². The molecule has 0 saturated carbocycles. The number of rotatable bonds is 4. The van der Waals surface area contributed by atoms with Crippen LogP contribution < -0.4 is 0 Å². The molecule has 1 N–H and O–H groups in total. The second-order valence-corrected chi connectivity index (χ2v) is 6.62. The van der Waals surface area contributed by atoms with Crippen LogP contribution in [0.4, 0.5) is 8.78 Å². The van der Waals surface area contributed by atoms with Gasteiger partial charge in [0.05, 0.1) is 0 Å². The van der Waals surface area contributed by atoms with E-state index in [-0.39, 0.29) is 30.9 Å². The molecule has 2 unspecified atom stereocenters. The lowest BCUT2D eigenvalue weighted by atomic mass is 9.91. The normalized spacial score (nSPS) is 17.5. The minimum absolute atomic E-state index is 0.0471. The summed E-state index contributed by atoms with van der Waals surface area (Å²) in [6.45, 7) is 1.88. The number of carboxylic acids is 1. The van der Waals surface area contributed by atoms with Crippen molar-refractivity contribution in [3.8, 4) is 0 Å². The molecular weight excluding hydrogens is 340 g/mol. The van der Waals surface area contributed by atoms with Crippen molar-refractivity contribution in [3.63, 3.8) is 0 Å². The molecule has 2 atom stereocenters. The van der Waals surface area contributed by atoms with Crippen LogP contribution in [0.25, 0.3) is 0 Å². The zero-order chi connectivity index (χ0) is 18.8. The van der Waals surface area contributed by atoms with Crippen LogP contribution in [0, 0.1) is 11.6 Å². The first-order valence-electron chi connectivity index (χ1n) is 8.41. The van der Waals surface area contributed by atoms with Crippen LogP contribution in [-0.4, -0.2) is 27.9 Å². The number of carboxylic acid groups (broad SMARTS) is 1. The monoisotopic (exact) mass is 359 g/mol. The minimum Gasteiger partial charge on any atom is -0.480 e. The van der Waals surface area contributed by atoms with Crippen LogP contribution in [0.1, 0.15) is 36.0 Å². The van der Waals surface area contributed by atoms with Gasteiger partial charge < -0.3 is 10.0 Å². The molecule has 0 aliphatic carbocycles. The van der Waals surface area contributed by atoms with Crippen molar-refractivity contribution in [2.75, 3.05) is 0 Å². The third-order valence-electron chi connectivity index (χ3n) is 4.83. The zero-order valence-electron chi connectivity index (χ0n) is 14.3. The third kappa shape index (κ3) is 3.59. The molecule has 4 nitrogen and oxygen atoms in total. The van der Waals surface area contributed by atoms with Gasteiger partial charge in [0.2, 0.25) is 5.91 Å². The van der Waals surface area contributed by atoms with Gasteiger partial charge >= 0.3 is 5.97 Å². The zero-order valence-corrected chi connectivity index (χ0v) is 14.3. The second-order valence-electron chi connectivity index (χ2n) is 6.62. The molecule has 0 radical (unpaired) electrons. The number of carbonyl (C=O) groups is 2. The number of halogens is 2. The summed E-state index contributed by atoms with van der Waals surface area (Å²) < 4.78 is 27.0. The molecule has 0 bridgehead atoms. The van der Waals surface area contributed by atoms with E-state index in [1.807, 2.05) is 24.3 Å². The van der Waals surface area contributed by atoms with Crippen molar-refractivity contribution in [2.24, 2.45) is 0 Å². The van der Waals surface area contributed by atoms with E-state index in [9.17, 15) is 23.5 Å². The summed E-state index contributed by atoms with van der Waals surface area (Å²) in [5, 5.41) is 9.51. The van der Waals surface area contributed by atoms with Crippen molar-refractivity contribution < 1.29 is 23.5 Å². The predicted molar refractivity (Wildman–Crippen MR) is 91.5 cm³/mol. The molecule has 0 aromatic heterocycles. The van der Waals surface area contributed by atoms with Gasteiger partial charge in [0.1, 0.15) is 17.7 Å². The summed E-state index contributed by atoms with van der Waals surface area (Å²) in [4.78, 5) is 25.7. The second kappa shape index (κ2) is 7.23. The number of hydrogen-bond donors (Lipinski definition) is 1. The van der Waals surface area contributed by atoms with Crippen molar-refractivity contribution in [3.05, 3.63) is 70.8 Å². The molecule has 1 aliphatic rings. The van der Waals surface area contributed by atoms with Crippen LogP contribution in [0.15, 0.2) is 42.5 Å². The largest absolute Gasteiger partial charge is 0.480 e. The number of benzene rings is 2. The van der Waals surface area contributed by atoms with E-state index < -0.39 is 29.6 Å². The Labute approximate surface area is 150 Å². The first-order chi connectivity index (χ1) is 12.4. The van der Waals surface area contributed by atoms with Crippen LogP contribution in [-0.2, 0) is 22.6 Å². The van der Waals surface area contributed by atoms with Gasteiger partial charge in [0.25, 0.3) is 0 Å². The molecule has 6 heteroatoms. The van der Waals surface area contributed by atoms with Crippen molar-refractivity contribution >= 4 is 11.9 Å². The first kappa shape index (κ1) is 18.0. The molecular formula is C20H19F2NO3. The standard InChI is InChI=1S/C20H19F2NO3/c1-12(16-7-6-15(21)10-17(16)22)8-19(24)23-11-14-5-3-2-4-13(14)9-18(23)20(25)26/h2-7,10,12,18H,8-9,11H2,1H3,(H,25,26). The number of nitrogens with zero attached hydrogens (tertiary/aromatic N) is 1. The van der Waals surface area contributed by atoms with E-state index in [2.05, 4.69) is 0 Å². The third-order valence-corrected chi connectivity index (χ3v) is 4.83. The van der Waals surface area contributed by atoms with Crippen LogP contribution >= 0.6 is 0 Å². The molecule has 0 spiro atoms. The van der Waals surface area contributed by atoms with Gasteiger partial charge in [-0.3, -0.25) is 4.79 Å². The van der Waals surface area contributed by atoms with Gasteiger partial charge in [0, 0.05) is 25.5 Å². The summed E-state index contributed by atoms with van der Waals surface area (Å²) in [5.74, 6) is -3.29. The van der Waals surface area contributed by atoms with E-state index in [0.29, 0.717) is 0 Å². The highest BCUT2D eigenvalue weighted by atomic mass is 19.1. The summed E-state index contributed by atoms with van der Waals surface area (Å²) in [6.07, 6.45) is 0.199. The van der Waals surface area contributed by atoms with Gasteiger partial charge in [-0.15, -0.1) is 0 Å². The molecule has 1 aliphatic heterocycles. The predicted octanol–water partition coefficient (Wildman–Crippen LogP) is 3.50. The van der Waals surface area contributed by atoms with E-state index in [4.69, 9.17) is 0 Å². The Morgan fingerprint density at radius 3 is 2.54 bits per heavy atom. The Morgan fingerprint density at radius 2 is 1.88 bits per heavy atom. The van der Waals surface area contributed by atoms with Crippen molar-refractivity contribution in [2.45, 2.75) is 38.3 Å². The fourth-order valence-corrected chi connectivity index (χ4v) is 3.40. The fourth-order valence-electron chi connectivity index (χ4n) is 3.40. The maximum atomic E-state index is 13.9. The van der Waals surface area contributed by atoms with Gasteiger partial charge in [-0.1, -0.05) is 37.3 Å². The summed E-state index contributed by atoms with van der Waals surface area (Å²) in [5.41, 5.74) is 2.07. The summed E-state index contributed by atoms with van der Waals surface area (Å²) >= 11 is 0. The molecule has 26 heavy (non-hydrogen) atoms. The summed E-state index contributed by atoms with van der Waals surface area (Å²) in [7, 11) is 0. The highest BCUT2D eigenvalue weighted by Gasteiger charge is 2.35. The molecule has 3 rings (SSSR count). The first-order valence-corrected chi connectivity index (χ1v) is 8.41. The average Bonchev–Trinajstić information content (AvgIpc) is 2.60. The van der Waals surface area contributed by atoms with Crippen LogP contribution in [0.3, 0.4) is 0 Å². The SMILES string of the molecule is CC(CC(=O)N1Cc2ccccc2CC1C(=O)O)c1ccc(F)cc1F. The van der Waals surface area contributed by atoms with Gasteiger partial charge in [-0.25, -0.2) is 13.6 Å². The Hall–Kier alpha value is -2.76. The Kier molecular flexibility index (Phi) is 5.02. The molecule has 1 heterocycles. The quantitative estimate of drug-likeness (QED) is 0.909. The molecule has 0 saturated heterocycles. The molecule has 2 aromatic rings. The number of amides is 1. The maximum absolute atomic E-state index is 13.9. The maximum Gasteiger partial charge on any atom is 0.326 e. The lowest BCUT2D eigenvalue weighted by Crippen LogP contribution is -2.48. The fraction of sp³-hybridized carbons (Fsp3) is 0.300. The summed E-state index contributed by atoms with van der Waals surface area (Å²) in [6, 6.07) is 9.74. The topological polar surface area (TPSA) is 57.6 Å². The van der Waals surface area contributed by atoms with Crippen molar-refractivity contribution in [1.82, 2.24) is 4.90 Å². The van der Waals surface area contributed by atoms with E-state index >= 15 is 0 Å². The molecule has 136 valence electrons. The van der Waals surface area contributed by atoms with E-state index in [1.165, 1.54) is 11.0 Å². The van der Waals surface area contributed by atoms with Gasteiger partial charge in [0.15, 0.2) is 0 Å². The van der Waals surface area contributed by atoms with E-state index in [1.54, 1.807) is 6.92 Å². The van der Waals surface area contributed by atoms with Gasteiger partial charge in [-0.05, 0) is 28.7 Å². The number of carbonyl (C=O) groups excluding carboxylic acids is 1. The molecule has 1 amide bonds. The lowest BCUT2D eigenvalue weighted by Gasteiger charge is -2.35. The Balaban J connectivity index is 1.80.